The van der Waals surface area contributed by atoms with Crippen LogP contribution >= 0.6 is 0 Å². The summed E-state index contributed by atoms with van der Waals surface area (Å²) in [5, 5.41) is 1.05. The van der Waals surface area contributed by atoms with Gasteiger partial charge in [0.15, 0.2) is 0 Å². The number of aromatic nitrogens is 1. The molecule has 0 fully saturated rings. The highest BCUT2D eigenvalue weighted by Crippen LogP contribution is 2.18. The fraction of sp³-hybridized carbons (Fsp3) is 0.400. The summed E-state index contributed by atoms with van der Waals surface area (Å²) < 4.78 is 0. The standard InChI is InChI=1S/C15H21N3O/c1-15(2,9-16)10-18(3)14(19)12-4-5-13-11(8-12)6-7-17-13/h4-8,17H,9-10,16H2,1-3H3. The molecule has 102 valence electrons. The molecule has 0 saturated carbocycles. The second-order valence-electron chi connectivity index (χ2n) is 5.81. The van der Waals surface area contributed by atoms with Crippen LogP contribution in [0.2, 0.25) is 0 Å². The Labute approximate surface area is 113 Å². The number of hydrogen-bond donors (Lipinski definition) is 2. The van der Waals surface area contributed by atoms with Crippen LogP contribution in [0.3, 0.4) is 0 Å². The number of hydrogen-bond acceptors (Lipinski definition) is 2. The summed E-state index contributed by atoms with van der Waals surface area (Å²) in [6.45, 7) is 5.33. The number of amides is 1. The van der Waals surface area contributed by atoms with Gasteiger partial charge in [0.2, 0.25) is 0 Å². The minimum Gasteiger partial charge on any atom is -0.361 e. The maximum Gasteiger partial charge on any atom is 0.253 e. The van der Waals surface area contributed by atoms with Gasteiger partial charge in [-0.1, -0.05) is 13.8 Å². The molecule has 0 aliphatic rings. The quantitative estimate of drug-likeness (QED) is 0.884. The third kappa shape index (κ3) is 2.96. The van der Waals surface area contributed by atoms with E-state index in [0.29, 0.717) is 18.7 Å². The lowest BCUT2D eigenvalue weighted by Crippen LogP contribution is -2.39. The first-order valence-corrected chi connectivity index (χ1v) is 6.46. The van der Waals surface area contributed by atoms with Crippen LogP contribution in [-0.2, 0) is 0 Å². The average Bonchev–Trinajstić information content (AvgIpc) is 2.84. The summed E-state index contributed by atoms with van der Waals surface area (Å²) in [7, 11) is 1.82. The third-order valence-electron chi connectivity index (χ3n) is 3.36. The topological polar surface area (TPSA) is 62.1 Å². The molecule has 1 aromatic heterocycles. The maximum atomic E-state index is 12.4. The molecule has 0 spiro atoms. The third-order valence-corrected chi connectivity index (χ3v) is 3.36. The number of nitrogens with one attached hydrogen (secondary N) is 1. The van der Waals surface area contributed by atoms with Crippen molar-refractivity contribution in [3.8, 4) is 0 Å². The van der Waals surface area contributed by atoms with Gasteiger partial charge in [-0.25, -0.2) is 0 Å². The van der Waals surface area contributed by atoms with E-state index in [1.165, 1.54) is 0 Å². The van der Waals surface area contributed by atoms with Crippen molar-refractivity contribution >= 4 is 16.8 Å². The van der Waals surface area contributed by atoms with Gasteiger partial charge in [0.1, 0.15) is 0 Å². The fourth-order valence-corrected chi connectivity index (χ4v) is 2.19. The number of aromatic amines is 1. The molecule has 1 aromatic carbocycles. The molecule has 3 N–H and O–H groups in total. The van der Waals surface area contributed by atoms with Crippen LogP contribution in [0, 0.1) is 5.41 Å². The minimum atomic E-state index is -0.0669. The Morgan fingerprint density at radius 1 is 1.37 bits per heavy atom. The lowest BCUT2D eigenvalue weighted by molar-refractivity contribution is 0.0741. The highest BCUT2D eigenvalue weighted by Gasteiger charge is 2.22. The normalized spacial score (nSPS) is 11.8. The van der Waals surface area contributed by atoms with Crippen LogP contribution in [-0.4, -0.2) is 35.9 Å². The molecule has 2 aromatic rings. The minimum absolute atomic E-state index is 0.0321. The van der Waals surface area contributed by atoms with Gasteiger partial charge in [-0.2, -0.15) is 0 Å². The summed E-state index contributed by atoms with van der Waals surface area (Å²) in [6, 6.07) is 7.67. The van der Waals surface area contributed by atoms with Gasteiger partial charge >= 0.3 is 0 Å². The predicted octanol–water partition coefficient (Wildman–Crippen LogP) is 2.22. The molecule has 1 amide bonds. The smallest absolute Gasteiger partial charge is 0.253 e. The van der Waals surface area contributed by atoms with Gasteiger partial charge < -0.3 is 15.6 Å². The number of nitrogens with two attached hydrogens (primary N) is 1. The second-order valence-corrected chi connectivity index (χ2v) is 5.81. The van der Waals surface area contributed by atoms with Crippen molar-refractivity contribution in [3.05, 3.63) is 36.0 Å². The molecule has 19 heavy (non-hydrogen) atoms. The van der Waals surface area contributed by atoms with Gasteiger partial charge in [0, 0.05) is 36.3 Å². The number of benzene rings is 1. The first-order chi connectivity index (χ1) is 8.93. The summed E-state index contributed by atoms with van der Waals surface area (Å²) >= 11 is 0. The van der Waals surface area contributed by atoms with Crippen molar-refractivity contribution in [2.24, 2.45) is 11.1 Å². The Balaban J connectivity index is 2.18. The number of rotatable bonds is 4. The SMILES string of the molecule is CN(CC(C)(C)CN)C(=O)c1ccc2[nH]ccc2c1. The molecule has 0 radical (unpaired) electrons. The predicted molar refractivity (Wildman–Crippen MR) is 78.1 cm³/mol. The number of carbonyl (C=O) groups is 1. The van der Waals surface area contributed by atoms with Crippen LogP contribution in [0.5, 0.6) is 0 Å². The number of carbonyl (C=O) groups excluding carboxylic acids is 1. The molecule has 0 unspecified atom stereocenters. The maximum absolute atomic E-state index is 12.4. The van der Waals surface area contributed by atoms with Gasteiger partial charge in [0.05, 0.1) is 0 Å². The van der Waals surface area contributed by atoms with Crippen LogP contribution in [0.4, 0.5) is 0 Å². The molecule has 2 rings (SSSR count). The van der Waals surface area contributed by atoms with Crippen LogP contribution in [0.25, 0.3) is 10.9 Å². The van der Waals surface area contributed by atoms with Crippen LogP contribution in [0.15, 0.2) is 30.5 Å². The van der Waals surface area contributed by atoms with Crippen molar-refractivity contribution in [1.29, 1.82) is 0 Å². The molecule has 1 heterocycles. The Morgan fingerprint density at radius 2 is 2.11 bits per heavy atom. The van der Waals surface area contributed by atoms with Crippen molar-refractivity contribution in [1.82, 2.24) is 9.88 Å². The molecule has 0 aliphatic heterocycles. The van der Waals surface area contributed by atoms with E-state index in [4.69, 9.17) is 5.73 Å². The summed E-state index contributed by atoms with van der Waals surface area (Å²) in [5.74, 6) is 0.0321. The van der Waals surface area contributed by atoms with Crippen molar-refractivity contribution < 1.29 is 4.79 Å². The fourth-order valence-electron chi connectivity index (χ4n) is 2.19. The zero-order valence-electron chi connectivity index (χ0n) is 11.7. The van der Waals surface area contributed by atoms with E-state index in [0.717, 1.165) is 10.9 Å². The number of nitrogens with zero attached hydrogens (tertiary/aromatic N) is 1. The van der Waals surface area contributed by atoms with E-state index in [1.54, 1.807) is 4.90 Å². The van der Waals surface area contributed by atoms with Gasteiger partial charge in [-0.05, 0) is 36.2 Å². The lowest BCUT2D eigenvalue weighted by Gasteiger charge is -2.29. The van der Waals surface area contributed by atoms with E-state index in [2.05, 4.69) is 18.8 Å². The lowest BCUT2D eigenvalue weighted by atomic mass is 9.93. The molecular weight excluding hydrogens is 238 g/mol. The largest absolute Gasteiger partial charge is 0.361 e. The second kappa shape index (κ2) is 5.05. The molecule has 0 aliphatic carbocycles. The monoisotopic (exact) mass is 259 g/mol. The average molecular weight is 259 g/mol. The van der Waals surface area contributed by atoms with Crippen LogP contribution < -0.4 is 5.73 Å². The van der Waals surface area contributed by atoms with E-state index >= 15 is 0 Å². The molecule has 4 heteroatoms. The van der Waals surface area contributed by atoms with Crippen molar-refractivity contribution in [2.75, 3.05) is 20.1 Å². The Morgan fingerprint density at radius 3 is 2.79 bits per heavy atom. The first kappa shape index (κ1) is 13.6. The molecule has 0 atom stereocenters. The van der Waals surface area contributed by atoms with E-state index < -0.39 is 0 Å². The van der Waals surface area contributed by atoms with Crippen LogP contribution in [0.1, 0.15) is 24.2 Å². The van der Waals surface area contributed by atoms with Gasteiger partial charge in [-0.15, -0.1) is 0 Å². The zero-order chi connectivity index (χ0) is 14.0. The van der Waals surface area contributed by atoms with E-state index in [1.807, 2.05) is 37.5 Å². The van der Waals surface area contributed by atoms with Crippen molar-refractivity contribution in [2.45, 2.75) is 13.8 Å². The number of fused-ring (bicyclic) bond motifs is 1. The summed E-state index contributed by atoms with van der Waals surface area (Å²) in [4.78, 5) is 17.2. The van der Waals surface area contributed by atoms with E-state index in [9.17, 15) is 4.79 Å². The first-order valence-electron chi connectivity index (χ1n) is 6.46. The molecule has 0 saturated heterocycles. The van der Waals surface area contributed by atoms with Crippen molar-refractivity contribution in [3.63, 3.8) is 0 Å². The van der Waals surface area contributed by atoms with E-state index in [-0.39, 0.29) is 11.3 Å². The summed E-state index contributed by atoms with van der Waals surface area (Å²) in [5.41, 5.74) is 7.40. The highest BCUT2D eigenvalue weighted by molar-refractivity contribution is 5.97. The van der Waals surface area contributed by atoms with Gasteiger partial charge in [-0.3, -0.25) is 4.79 Å². The Hall–Kier alpha value is -1.81. The highest BCUT2D eigenvalue weighted by atomic mass is 16.2. The van der Waals surface area contributed by atoms with Gasteiger partial charge in [0.25, 0.3) is 5.91 Å². The zero-order valence-corrected chi connectivity index (χ0v) is 11.7. The summed E-state index contributed by atoms with van der Waals surface area (Å²) in [6.07, 6.45) is 1.88. The number of H-pyrrole nitrogens is 1. The molecule has 4 nitrogen and oxygen atoms in total. The molecular formula is C15H21N3O. The molecule has 0 bridgehead atoms. The Bertz CT molecular complexity index is 586. The Kier molecular flexibility index (Phi) is 3.62.